The molecule has 0 aromatic rings. The van der Waals surface area contributed by atoms with Gasteiger partial charge in [-0.1, -0.05) is 280 Å². The van der Waals surface area contributed by atoms with Crippen LogP contribution in [0.3, 0.4) is 0 Å². The van der Waals surface area contributed by atoms with E-state index in [0.29, 0.717) is 19.3 Å². The first-order chi connectivity index (χ1) is 31.5. The molecule has 0 aliphatic rings. The Morgan fingerprint density at radius 1 is 0.469 bits per heavy atom. The zero-order valence-electron chi connectivity index (χ0n) is 42.1. The molecule has 0 heterocycles. The SMILES string of the molecule is CC\C=C/C=C/C=C/C=C\C=C\C=C\CCCC(CC(=O)NC(CO)C(O)CCCCCCCCCCCCCCC)OC(=O)CCCCCCCCCCCCCCCCCCC. The molecule has 0 saturated heterocycles. The van der Waals surface area contributed by atoms with E-state index >= 15 is 0 Å². The summed E-state index contributed by atoms with van der Waals surface area (Å²) < 4.78 is 5.91. The molecule has 0 bridgehead atoms. The maximum atomic E-state index is 13.2. The molecule has 3 unspecified atom stereocenters. The summed E-state index contributed by atoms with van der Waals surface area (Å²) in [5, 5.41) is 23.8. The van der Waals surface area contributed by atoms with Crippen molar-refractivity contribution in [2.45, 2.75) is 277 Å². The monoisotopic (exact) mass is 894 g/mol. The van der Waals surface area contributed by atoms with Crippen molar-refractivity contribution in [1.29, 1.82) is 0 Å². The van der Waals surface area contributed by atoms with Crippen molar-refractivity contribution < 1.29 is 24.5 Å². The zero-order valence-corrected chi connectivity index (χ0v) is 42.1. The van der Waals surface area contributed by atoms with Crippen LogP contribution in [0.15, 0.2) is 72.9 Å². The van der Waals surface area contributed by atoms with Crippen molar-refractivity contribution in [2.24, 2.45) is 0 Å². The molecule has 0 rings (SSSR count). The van der Waals surface area contributed by atoms with Crippen molar-refractivity contribution >= 4 is 11.9 Å². The smallest absolute Gasteiger partial charge is 0.306 e. The number of carbonyl (C=O) groups excluding carboxylic acids is 2. The van der Waals surface area contributed by atoms with Crippen LogP contribution in [0.2, 0.25) is 0 Å². The van der Waals surface area contributed by atoms with Gasteiger partial charge in [0.2, 0.25) is 5.91 Å². The number of ether oxygens (including phenoxy) is 1. The molecular formula is C58H103NO5. The van der Waals surface area contributed by atoms with Gasteiger partial charge in [-0.3, -0.25) is 9.59 Å². The Bertz CT molecular complexity index is 1190. The van der Waals surface area contributed by atoms with Gasteiger partial charge in [0.05, 0.1) is 25.2 Å². The van der Waals surface area contributed by atoms with Crippen LogP contribution in [0.1, 0.15) is 258 Å². The summed E-state index contributed by atoms with van der Waals surface area (Å²) >= 11 is 0. The Morgan fingerprint density at radius 3 is 1.25 bits per heavy atom. The Hall–Kier alpha value is -2.70. The molecule has 0 aliphatic carbocycles. The Kier molecular flexibility index (Phi) is 49.1. The highest BCUT2D eigenvalue weighted by Crippen LogP contribution is 2.18. The minimum absolute atomic E-state index is 0.0265. The summed E-state index contributed by atoms with van der Waals surface area (Å²) in [4.78, 5) is 26.2. The largest absolute Gasteiger partial charge is 0.462 e. The molecule has 0 aromatic heterocycles. The van der Waals surface area contributed by atoms with Gasteiger partial charge in [-0.25, -0.2) is 0 Å². The number of hydrogen-bond acceptors (Lipinski definition) is 5. The third-order valence-electron chi connectivity index (χ3n) is 12.2. The number of unbranched alkanes of at least 4 members (excludes halogenated alkanes) is 29. The molecule has 0 saturated carbocycles. The maximum Gasteiger partial charge on any atom is 0.306 e. The fourth-order valence-electron chi connectivity index (χ4n) is 8.12. The third-order valence-corrected chi connectivity index (χ3v) is 12.2. The predicted molar refractivity (Wildman–Crippen MR) is 278 cm³/mol. The van der Waals surface area contributed by atoms with Gasteiger partial charge in [0, 0.05) is 6.42 Å². The van der Waals surface area contributed by atoms with Gasteiger partial charge in [-0.15, -0.1) is 0 Å². The minimum atomic E-state index is -0.809. The number of aliphatic hydroxyl groups excluding tert-OH is 2. The van der Waals surface area contributed by atoms with Gasteiger partial charge in [-0.2, -0.15) is 0 Å². The Morgan fingerprint density at radius 2 is 0.844 bits per heavy atom. The second-order valence-electron chi connectivity index (χ2n) is 18.4. The number of aliphatic hydroxyl groups is 2. The maximum absolute atomic E-state index is 13.2. The lowest BCUT2D eigenvalue weighted by atomic mass is 10.0. The number of rotatable bonds is 48. The van der Waals surface area contributed by atoms with Crippen molar-refractivity contribution in [3.8, 4) is 0 Å². The number of nitrogens with one attached hydrogen (secondary N) is 1. The first-order valence-corrected chi connectivity index (χ1v) is 27.2. The molecule has 1 amide bonds. The van der Waals surface area contributed by atoms with Crippen molar-refractivity contribution in [3.05, 3.63) is 72.9 Å². The van der Waals surface area contributed by atoms with Crippen LogP contribution in [-0.2, 0) is 14.3 Å². The van der Waals surface area contributed by atoms with Crippen LogP contribution >= 0.6 is 0 Å². The Labute approximate surface area is 396 Å². The molecule has 6 nitrogen and oxygen atoms in total. The van der Waals surface area contributed by atoms with Crippen LogP contribution in [0.5, 0.6) is 0 Å². The fourth-order valence-corrected chi connectivity index (χ4v) is 8.12. The normalized spacial score (nSPS) is 13.8. The molecule has 370 valence electrons. The fraction of sp³-hybridized carbons (Fsp3) is 0.759. The average molecular weight is 894 g/mol. The highest BCUT2D eigenvalue weighted by molar-refractivity contribution is 5.77. The van der Waals surface area contributed by atoms with Gasteiger partial charge >= 0.3 is 5.97 Å². The van der Waals surface area contributed by atoms with Crippen LogP contribution in [0, 0.1) is 0 Å². The quantitative estimate of drug-likeness (QED) is 0.0321. The molecule has 3 N–H and O–H groups in total. The average Bonchev–Trinajstić information content (AvgIpc) is 3.29. The summed E-state index contributed by atoms with van der Waals surface area (Å²) in [6.45, 7) is 6.33. The predicted octanol–water partition coefficient (Wildman–Crippen LogP) is 16.6. The Balaban J connectivity index is 4.67. The standard InChI is InChI=1S/C58H103NO5/c1-4-7-10-13-16-19-22-25-27-28-30-33-36-39-42-45-48-51-58(63)64-54(49-46-43-40-37-34-32-29-26-23-20-17-14-11-8-5-2)52-57(62)59-55(53-60)56(61)50-47-44-41-38-35-31-24-21-18-15-12-9-6-3/h8,11,14,17,20,23,26,29,32,34,37,40,54-56,60-61H,4-7,9-10,12-13,15-16,18-19,21-22,24-25,27-28,30-31,33,35-36,38-39,41-53H2,1-3H3,(H,59,62)/b11-8-,17-14+,23-20+,29-26-,34-32+,40-37+. The minimum Gasteiger partial charge on any atom is -0.462 e. The van der Waals surface area contributed by atoms with E-state index in [1.54, 1.807) is 0 Å². The van der Waals surface area contributed by atoms with Gasteiger partial charge in [0.1, 0.15) is 6.10 Å². The summed E-state index contributed by atoms with van der Waals surface area (Å²) in [5.74, 6) is -0.543. The lowest BCUT2D eigenvalue weighted by Crippen LogP contribution is -2.46. The summed E-state index contributed by atoms with van der Waals surface area (Å²) in [6.07, 6.45) is 65.4. The van der Waals surface area contributed by atoms with Crippen LogP contribution in [-0.4, -0.2) is 46.9 Å². The van der Waals surface area contributed by atoms with Gasteiger partial charge in [0.15, 0.2) is 0 Å². The zero-order chi connectivity index (χ0) is 46.7. The highest BCUT2D eigenvalue weighted by atomic mass is 16.5. The van der Waals surface area contributed by atoms with E-state index in [1.165, 1.54) is 154 Å². The summed E-state index contributed by atoms with van der Waals surface area (Å²) in [5.41, 5.74) is 0. The molecule has 0 fully saturated rings. The number of amides is 1. The lowest BCUT2D eigenvalue weighted by molar-refractivity contribution is -0.151. The van der Waals surface area contributed by atoms with E-state index in [1.807, 2.05) is 60.8 Å². The summed E-state index contributed by atoms with van der Waals surface area (Å²) in [7, 11) is 0. The third kappa shape index (κ3) is 45.9. The highest BCUT2D eigenvalue weighted by Gasteiger charge is 2.24. The van der Waals surface area contributed by atoms with E-state index in [4.69, 9.17) is 4.74 Å². The van der Waals surface area contributed by atoms with Crippen molar-refractivity contribution in [2.75, 3.05) is 6.61 Å². The van der Waals surface area contributed by atoms with Crippen LogP contribution < -0.4 is 5.32 Å². The van der Waals surface area contributed by atoms with E-state index in [0.717, 1.165) is 57.8 Å². The second-order valence-corrected chi connectivity index (χ2v) is 18.4. The van der Waals surface area contributed by atoms with Gasteiger partial charge in [-0.05, 0) is 38.5 Å². The summed E-state index contributed by atoms with van der Waals surface area (Å²) in [6, 6.07) is -0.727. The molecule has 6 heteroatoms. The molecule has 0 aromatic carbocycles. The lowest BCUT2D eigenvalue weighted by Gasteiger charge is -2.24. The molecule has 3 atom stereocenters. The molecule has 64 heavy (non-hydrogen) atoms. The topological polar surface area (TPSA) is 95.9 Å². The van der Waals surface area contributed by atoms with Crippen LogP contribution in [0.4, 0.5) is 0 Å². The number of hydrogen-bond donors (Lipinski definition) is 3. The molecular weight excluding hydrogens is 791 g/mol. The van der Waals surface area contributed by atoms with E-state index in [-0.39, 0.29) is 24.9 Å². The van der Waals surface area contributed by atoms with E-state index in [9.17, 15) is 19.8 Å². The van der Waals surface area contributed by atoms with Crippen molar-refractivity contribution in [1.82, 2.24) is 5.32 Å². The first-order valence-electron chi connectivity index (χ1n) is 27.2. The molecule has 0 spiro atoms. The molecule has 0 radical (unpaired) electrons. The van der Waals surface area contributed by atoms with Gasteiger partial charge in [0.25, 0.3) is 0 Å². The number of carbonyl (C=O) groups is 2. The number of allylic oxidation sites excluding steroid dienone is 12. The first kappa shape index (κ1) is 61.3. The van der Waals surface area contributed by atoms with Crippen LogP contribution in [0.25, 0.3) is 0 Å². The number of esters is 1. The second kappa shape index (κ2) is 51.3. The molecule has 0 aliphatic heterocycles. The van der Waals surface area contributed by atoms with Crippen molar-refractivity contribution in [3.63, 3.8) is 0 Å². The van der Waals surface area contributed by atoms with E-state index < -0.39 is 18.2 Å². The van der Waals surface area contributed by atoms with E-state index in [2.05, 4.69) is 38.2 Å². The van der Waals surface area contributed by atoms with Gasteiger partial charge < -0.3 is 20.3 Å².